The summed E-state index contributed by atoms with van der Waals surface area (Å²) in [6, 6.07) is 4.02. The van der Waals surface area contributed by atoms with Crippen LogP contribution in [0.3, 0.4) is 0 Å². The lowest BCUT2D eigenvalue weighted by Crippen LogP contribution is -2.15. The minimum atomic E-state index is -0.806. The summed E-state index contributed by atoms with van der Waals surface area (Å²) in [5.41, 5.74) is 6.41. The molecule has 1 nitrogen and oxygen atoms in total. The van der Waals surface area contributed by atoms with Gasteiger partial charge in [-0.1, -0.05) is 19.9 Å². The predicted octanol–water partition coefficient (Wildman–Crippen LogP) is 3.05. The fourth-order valence-corrected chi connectivity index (χ4v) is 1.70. The third kappa shape index (κ3) is 3.27. The summed E-state index contributed by atoms with van der Waals surface area (Å²) in [7, 11) is 0. The van der Waals surface area contributed by atoms with Crippen LogP contribution in [0.5, 0.6) is 0 Å². The number of hydrogen-bond acceptors (Lipinski definition) is 1. The molecule has 1 atom stereocenters. The maximum Gasteiger partial charge on any atom is 0.159 e. The highest BCUT2D eigenvalue weighted by Crippen LogP contribution is 2.24. The van der Waals surface area contributed by atoms with Crippen molar-refractivity contribution in [3.8, 4) is 0 Å². The Bertz CT molecular complexity index is 323. The maximum atomic E-state index is 13.0. The molecule has 15 heavy (non-hydrogen) atoms. The molecule has 0 saturated heterocycles. The van der Waals surface area contributed by atoms with Gasteiger partial charge in [0.15, 0.2) is 11.6 Å². The van der Waals surface area contributed by atoms with Crippen LogP contribution in [0.4, 0.5) is 8.78 Å². The number of halogens is 2. The van der Waals surface area contributed by atoms with Crippen molar-refractivity contribution in [2.24, 2.45) is 11.7 Å². The van der Waals surface area contributed by atoms with Gasteiger partial charge in [-0.2, -0.15) is 0 Å². The standard InChI is InChI=1S/C12H17F2N/c1-8(2)5-10(7-15)9-3-4-11(13)12(14)6-9/h3-4,6,8,10H,5,7,15H2,1-2H3. The van der Waals surface area contributed by atoms with Crippen LogP contribution in [-0.4, -0.2) is 6.54 Å². The van der Waals surface area contributed by atoms with E-state index < -0.39 is 11.6 Å². The summed E-state index contributed by atoms with van der Waals surface area (Å²) in [5.74, 6) is -1.000. The highest BCUT2D eigenvalue weighted by atomic mass is 19.2. The van der Waals surface area contributed by atoms with Crippen LogP contribution in [0, 0.1) is 17.6 Å². The van der Waals surface area contributed by atoms with E-state index in [1.54, 1.807) is 6.07 Å². The van der Waals surface area contributed by atoms with Gasteiger partial charge in [0.2, 0.25) is 0 Å². The van der Waals surface area contributed by atoms with Crippen LogP contribution in [0.2, 0.25) is 0 Å². The second-order valence-electron chi connectivity index (χ2n) is 4.24. The third-order valence-corrected chi connectivity index (χ3v) is 2.46. The molecule has 0 aliphatic carbocycles. The van der Waals surface area contributed by atoms with Crippen molar-refractivity contribution >= 4 is 0 Å². The molecule has 0 heterocycles. The molecule has 3 heteroatoms. The van der Waals surface area contributed by atoms with Crippen molar-refractivity contribution in [2.45, 2.75) is 26.2 Å². The second-order valence-corrected chi connectivity index (χ2v) is 4.24. The Kier molecular flexibility index (Phi) is 4.21. The van der Waals surface area contributed by atoms with Gasteiger partial charge in [0.1, 0.15) is 0 Å². The summed E-state index contributed by atoms with van der Waals surface area (Å²) in [4.78, 5) is 0. The van der Waals surface area contributed by atoms with E-state index in [4.69, 9.17) is 5.73 Å². The minimum Gasteiger partial charge on any atom is -0.330 e. The summed E-state index contributed by atoms with van der Waals surface area (Å²) >= 11 is 0. The quantitative estimate of drug-likeness (QED) is 0.817. The molecule has 1 aromatic rings. The molecule has 0 aliphatic rings. The van der Waals surface area contributed by atoms with E-state index in [-0.39, 0.29) is 5.92 Å². The molecule has 84 valence electrons. The highest BCUT2D eigenvalue weighted by molar-refractivity contribution is 5.22. The fraction of sp³-hybridized carbons (Fsp3) is 0.500. The van der Waals surface area contributed by atoms with Gasteiger partial charge < -0.3 is 5.73 Å². The van der Waals surface area contributed by atoms with E-state index in [0.29, 0.717) is 12.5 Å². The van der Waals surface area contributed by atoms with Crippen LogP contribution in [0.25, 0.3) is 0 Å². The van der Waals surface area contributed by atoms with E-state index in [9.17, 15) is 8.78 Å². The summed E-state index contributed by atoms with van der Waals surface area (Å²) in [6.45, 7) is 4.63. The van der Waals surface area contributed by atoms with Crippen molar-refractivity contribution in [1.82, 2.24) is 0 Å². The van der Waals surface area contributed by atoms with E-state index in [0.717, 1.165) is 18.1 Å². The molecule has 1 aromatic carbocycles. The monoisotopic (exact) mass is 213 g/mol. The van der Waals surface area contributed by atoms with Crippen LogP contribution in [0.15, 0.2) is 18.2 Å². The lowest BCUT2D eigenvalue weighted by Gasteiger charge is -2.17. The lowest BCUT2D eigenvalue weighted by molar-refractivity contribution is 0.487. The average molecular weight is 213 g/mol. The minimum absolute atomic E-state index is 0.111. The number of benzene rings is 1. The molecule has 0 radical (unpaired) electrons. The van der Waals surface area contributed by atoms with Crippen LogP contribution < -0.4 is 5.73 Å². The maximum absolute atomic E-state index is 13.0. The largest absolute Gasteiger partial charge is 0.330 e. The Balaban J connectivity index is 2.87. The predicted molar refractivity (Wildman–Crippen MR) is 57.6 cm³/mol. The Labute approximate surface area is 89.3 Å². The van der Waals surface area contributed by atoms with Gasteiger partial charge in [-0.25, -0.2) is 8.78 Å². The SMILES string of the molecule is CC(C)CC(CN)c1ccc(F)c(F)c1. The van der Waals surface area contributed by atoms with Gasteiger partial charge >= 0.3 is 0 Å². The third-order valence-electron chi connectivity index (χ3n) is 2.46. The van der Waals surface area contributed by atoms with Gasteiger partial charge in [0, 0.05) is 0 Å². The zero-order valence-corrected chi connectivity index (χ0v) is 9.13. The molecule has 0 spiro atoms. The van der Waals surface area contributed by atoms with Crippen molar-refractivity contribution in [3.05, 3.63) is 35.4 Å². The first kappa shape index (κ1) is 12.1. The summed E-state index contributed by atoms with van der Waals surface area (Å²) < 4.78 is 25.7. The van der Waals surface area contributed by atoms with Crippen LogP contribution in [-0.2, 0) is 0 Å². The number of hydrogen-bond donors (Lipinski definition) is 1. The Morgan fingerprint density at radius 2 is 1.87 bits per heavy atom. The normalized spacial score (nSPS) is 13.2. The molecule has 0 fully saturated rings. The zero-order valence-electron chi connectivity index (χ0n) is 9.13. The van der Waals surface area contributed by atoms with Crippen molar-refractivity contribution in [3.63, 3.8) is 0 Å². The number of nitrogens with two attached hydrogens (primary N) is 1. The first-order valence-corrected chi connectivity index (χ1v) is 5.19. The molecule has 0 aliphatic heterocycles. The molecule has 0 amide bonds. The molecule has 1 unspecified atom stereocenters. The summed E-state index contributed by atoms with van der Waals surface area (Å²) in [5, 5.41) is 0. The lowest BCUT2D eigenvalue weighted by atomic mass is 9.90. The zero-order chi connectivity index (χ0) is 11.4. The average Bonchev–Trinajstić information content (AvgIpc) is 2.18. The van der Waals surface area contributed by atoms with E-state index in [2.05, 4.69) is 13.8 Å². The van der Waals surface area contributed by atoms with Gasteiger partial charge in [0.25, 0.3) is 0 Å². The first-order valence-electron chi connectivity index (χ1n) is 5.19. The molecular weight excluding hydrogens is 196 g/mol. The van der Waals surface area contributed by atoms with Crippen molar-refractivity contribution < 1.29 is 8.78 Å². The van der Waals surface area contributed by atoms with Crippen molar-refractivity contribution in [2.75, 3.05) is 6.54 Å². The smallest absolute Gasteiger partial charge is 0.159 e. The molecule has 0 aromatic heterocycles. The van der Waals surface area contributed by atoms with Gasteiger partial charge in [0.05, 0.1) is 0 Å². The topological polar surface area (TPSA) is 26.0 Å². The van der Waals surface area contributed by atoms with E-state index in [1.165, 1.54) is 6.07 Å². The molecule has 2 N–H and O–H groups in total. The molecule has 1 rings (SSSR count). The fourth-order valence-electron chi connectivity index (χ4n) is 1.70. The first-order chi connectivity index (χ1) is 7.04. The molecular formula is C12H17F2N. The van der Waals surface area contributed by atoms with E-state index in [1.807, 2.05) is 0 Å². The Hall–Kier alpha value is -0.960. The summed E-state index contributed by atoms with van der Waals surface area (Å²) in [6.07, 6.45) is 0.890. The van der Waals surface area contributed by atoms with Crippen LogP contribution >= 0.6 is 0 Å². The van der Waals surface area contributed by atoms with Gasteiger partial charge in [-0.05, 0) is 42.5 Å². The molecule has 0 saturated carbocycles. The Morgan fingerprint density at radius 3 is 2.33 bits per heavy atom. The van der Waals surface area contributed by atoms with Gasteiger partial charge in [-0.15, -0.1) is 0 Å². The van der Waals surface area contributed by atoms with Crippen molar-refractivity contribution in [1.29, 1.82) is 0 Å². The Morgan fingerprint density at radius 1 is 1.20 bits per heavy atom. The van der Waals surface area contributed by atoms with Crippen LogP contribution in [0.1, 0.15) is 31.7 Å². The second kappa shape index (κ2) is 5.21. The number of rotatable bonds is 4. The molecule has 0 bridgehead atoms. The highest BCUT2D eigenvalue weighted by Gasteiger charge is 2.13. The van der Waals surface area contributed by atoms with Gasteiger partial charge in [-0.3, -0.25) is 0 Å². The van der Waals surface area contributed by atoms with E-state index >= 15 is 0 Å².